The molecule has 4 aromatic rings. The van der Waals surface area contributed by atoms with Crippen molar-refractivity contribution in [2.24, 2.45) is 11.7 Å². The number of aliphatic hydroxyl groups excluding tert-OH is 1. The number of benzene rings is 1. The minimum Gasteiger partial charge on any atom is -0.438 e. The molecule has 4 N–H and O–H groups in total. The first kappa shape index (κ1) is 31.1. The van der Waals surface area contributed by atoms with Gasteiger partial charge in [-0.3, -0.25) is 14.6 Å². The molecule has 0 bridgehead atoms. The van der Waals surface area contributed by atoms with Crippen LogP contribution in [0.1, 0.15) is 47.4 Å². The van der Waals surface area contributed by atoms with Crippen molar-refractivity contribution in [3.63, 3.8) is 0 Å². The molecule has 1 amide bonds. The molecule has 0 unspecified atom stereocenters. The molecule has 3 heterocycles. The number of amides is 1. The lowest BCUT2D eigenvalue weighted by Crippen LogP contribution is -2.18. The summed E-state index contributed by atoms with van der Waals surface area (Å²) in [6.45, 7) is 6.89. The Morgan fingerprint density at radius 1 is 1.12 bits per heavy atom. The van der Waals surface area contributed by atoms with E-state index in [9.17, 15) is 31.5 Å². The van der Waals surface area contributed by atoms with Gasteiger partial charge >= 0.3 is 6.18 Å². The number of nitrogens with one attached hydrogen (secondary N) is 1. The largest absolute Gasteiger partial charge is 0.438 e. The molecule has 0 aliphatic heterocycles. The summed E-state index contributed by atoms with van der Waals surface area (Å²) in [6.07, 6.45) is -2.12. The number of primary amides is 1. The number of hydrogen-bond acceptors (Lipinski definition) is 6. The van der Waals surface area contributed by atoms with Crippen molar-refractivity contribution in [1.82, 2.24) is 15.0 Å². The molecule has 1 aromatic carbocycles. The molecule has 0 atom stereocenters. The number of hydrogen-bond donors (Lipinski definition) is 3. The Balaban J connectivity index is 0.000000696. The zero-order valence-electron chi connectivity index (χ0n) is 22.5. The highest BCUT2D eigenvalue weighted by Crippen LogP contribution is 2.41. The van der Waals surface area contributed by atoms with E-state index in [2.05, 4.69) is 28.8 Å². The lowest BCUT2D eigenvalue weighted by atomic mass is 10.0. The van der Waals surface area contributed by atoms with E-state index in [1.54, 1.807) is 0 Å². The number of nitrogens with two attached hydrogens (primary N) is 1. The Morgan fingerprint density at radius 3 is 2.37 bits per heavy atom. The number of carbonyl (C=O) groups excluding carboxylic acids is 1. The van der Waals surface area contributed by atoms with E-state index in [4.69, 9.17) is 15.6 Å². The highest BCUT2D eigenvalue weighted by molar-refractivity contribution is 6.03. The Hall–Kier alpha value is -4.39. The van der Waals surface area contributed by atoms with Gasteiger partial charge in [-0.1, -0.05) is 13.8 Å². The zero-order valence-corrected chi connectivity index (χ0v) is 22.5. The maximum atomic E-state index is 14.0. The van der Waals surface area contributed by atoms with Crippen LogP contribution in [0.4, 0.5) is 22.0 Å². The molecule has 0 spiro atoms. The molecule has 13 heteroatoms. The summed E-state index contributed by atoms with van der Waals surface area (Å²) in [4.78, 5) is 34.9. The number of nitrogens with zero attached hydrogens (tertiary/aromatic N) is 2. The van der Waals surface area contributed by atoms with Crippen LogP contribution < -0.4 is 15.9 Å². The summed E-state index contributed by atoms with van der Waals surface area (Å²) in [5.74, 6) is -3.25. The molecule has 0 fully saturated rings. The number of halogens is 5. The molecule has 0 aliphatic rings. The van der Waals surface area contributed by atoms with E-state index in [0.717, 1.165) is 31.5 Å². The number of H-pyrrole nitrogens is 1. The second-order valence-corrected chi connectivity index (χ2v) is 9.46. The average molecular weight is 579 g/mol. The smallest absolute Gasteiger partial charge is 0.418 e. The average Bonchev–Trinajstić information content (AvgIpc) is 2.88. The first-order valence-electron chi connectivity index (χ1n) is 12.3. The molecule has 0 radical (unpaired) electrons. The second-order valence-electron chi connectivity index (χ2n) is 9.46. The minimum atomic E-state index is -4.79. The topological polar surface area (TPSA) is 131 Å². The first-order chi connectivity index (χ1) is 19.2. The fourth-order valence-electron chi connectivity index (χ4n) is 3.89. The standard InChI is InChI=1S/C23H15F5N4O3.C5H12O/c1-9-11(23(26,27)28)8-31-22(35-16-4-3-12(24)19(25)10(16)2)17(9)14-7-15(33)18-13(32-14)5-6-30-20(18)21(29)34;1-5(2)3-4-6/h3-8H,1-2H3,(H2,29,34)(H,32,33);5-6H,3-4H2,1-2H3. The lowest BCUT2D eigenvalue weighted by molar-refractivity contribution is -0.138. The molecular weight excluding hydrogens is 551 g/mol. The van der Waals surface area contributed by atoms with E-state index < -0.39 is 40.6 Å². The molecule has 0 aliphatic carbocycles. The van der Waals surface area contributed by atoms with Gasteiger partial charge in [-0.25, -0.2) is 13.8 Å². The van der Waals surface area contributed by atoms with Gasteiger partial charge < -0.3 is 20.6 Å². The van der Waals surface area contributed by atoms with Crippen LogP contribution in [0.2, 0.25) is 0 Å². The Labute approximate surface area is 231 Å². The highest BCUT2D eigenvalue weighted by atomic mass is 19.4. The van der Waals surface area contributed by atoms with Gasteiger partial charge in [0.1, 0.15) is 11.4 Å². The Morgan fingerprint density at radius 2 is 1.80 bits per heavy atom. The molecule has 0 saturated heterocycles. The number of ether oxygens (including phenoxy) is 1. The predicted molar refractivity (Wildman–Crippen MR) is 142 cm³/mol. The van der Waals surface area contributed by atoms with Crippen molar-refractivity contribution in [1.29, 1.82) is 0 Å². The van der Waals surface area contributed by atoms with Crippen LogP contribution >= 0.6 is 0 Å². The number of carbonyl (C=O) groups is 1. The predicted octanol–water partition coefficient (Wildman–Crippen LogP) is 5.81. The molecule has 8 nitrogen and oxygen atoms in total. The summed E-state index contributed by atoms with van der Waals surface area (Å²) in [7, 11) is 0. The number of fused-ring (bicyclic) bond motifs is 1. The molecule has 4 rings (SSSR count). The number of aromatic nitrogens is 3. The monoisotopic (exact) mass is 578 g/mol. The van der Waals surface area contributed by atoms with Crippen molar-refractivity contribution < 1.29 is 36.6 Å². The number of pyridine rings is 3. The number of rotatable bonds is 6. The quantitative estimate of drug-likeness (QED) is 0.247. The number of aromatic amines is 1. The third-order valence-electron chi connectivity index (χ3n) is 6.06. The van der Waals surface area contributed by atoms with Gasteiger partial charge in [0.2, 0.25) is 5.88 Å². The zero-order chi connectivity index (χ0) is 30.6. The SMILES string of the molecule is CC(C)CCO.Cc1c(Oc2ncc(C(F)(F)F)c(C)c2-c2cc(=O)c3c(C(N)=O)nccc3[nH]2)ccc(F)c1F. The van der Waals surface area contributed by atoms with Gasteiger partial charge in [0.25, 0.3) is 5.91 Å². The maximum Gasteiger partial charge on any atom is 0.418 e. The third-order valence-corrected chi connectivity index (χ3v) is 6.06. The molecule has 41 heavy (non-hydrogen) atoms. The number of aliphatic hydroxyl groups is 1. The van der Waals surface area contributed by atoms with Crippen molar-refractivity contribution in [2.45, 2.75) is 40.3 Å². The summed E-state index contributed by atoms with van der Waals surface area (Å²) in [5.41, 5.74) is 2.22. The van der Waals surface area contributed by atoms with Crippen LogP contribution in [0.3, 0.4) is 0 Å². The van der Waals surface area contributed by atoms with Gasteiger partial charge in [-0.2, -0.15) is 13.2 Å². The van der Waals surface area contributed by atoms with Gasteiger partial charge in [0.15, 0.2) is 17.1 Å². The third kappa shape index (κ3) is 6.85. The summed E-state index contributed by atoms with van der Waals surface area (Å²) < 4.78 is 74.1. The van der Waals surface area contributed by atoms with Gasteiger partial charge in [-0.15, -0.1) is 0 Å². The van der Waals surface area contributed by atoms with E-state index in [0.29, 0.717) is 18.7 Å². The highest BCUT2D eigenvalue weighted by Gasteiger charge is 2.35. The van der Waals surface area contributed by atoms with Crippen LogP contribution in [0.25, 0.3) is 22.2 Å². The fourth-order valence-corrected chi connectivity index (χ4v) is 3.89. The lowest BCUT2D eigenvalue weighted by Gasteiger charge is -2.18. The van der Waals surface area contributed by atoms with Crippen molar-refractivity contribution in [3.8, 4) is 22.9 Å². The fraction of sp³-hybridized carbons (Fsp3) is 0.286. The minimum absolute atomic E-state index is 0.0723. The maximum absolute atomic E-state index is 14.0. The van der Waals surface area contributed by atoms with Crippen molar-refractivity contribution in [3.05, 3.63) is 80.9 Å². The van der Waals surface area contributed by atoms with E-state index in [1.165, 1.54) is 19.2 Å². The van der Waals surface area contributed by atoms with E-state index in [1.807, 2.05) is 0 Å². The summed E-state index contributed by atoms with van der Waals surface area (Å²) >= 11 is 0. The molecular formula is C28H27F5N4O4. The molecule has 218 valence electrons. The van der Waals surface area contributed by atoms with Crippen LogP contribution in [-0.2, 0) is 6.18 Å². The van der Waals surface area contributed by atoms with Crippen molar-refractivity contribution in [2.75, 3.05) is 6.61 Å². The number of alkyl halides is 3. The first-order valence-corrected chi connectivity index (χ1v) is 12.3. The van der Waals surface area contributed by atoms with Gasteiger partial charge in [-0.05, 0) is 49.9 Å². The van der Waals surface area contributed by atoms with Crippen molar-refractivity contribution >= 4 is 16.8 Å². The normalized spacial score (nSPS) is 11.4. The summed E-state index contributed by atoms with van der Waals surface area (Å²) in [6, 6.07) is 4.18. The summed E-state index contributed by atoms with van der Waals surface area (Å²) in [5, 5.41) is 8.08. The molecule has 0 saturated carbocycles. The van der Waals surface area contributed by atoms with Crippen LogP contribution in [-0.4, -0.2) is 32.6 Å². The van der Waals surface area contributed by atoms with E-state index >= 15 is 0 Å². The van der Waals surface area contributed by atoms with Crippen LogP contribution in [0.15, 0.2) is 41.5 Å². The Kier molecular flexibility index (Phi) is 9.43. The Bertz CT molecular complexity index is 1650. The van der Waals surface area contributed by atoms with Gasteiger partial charge in [0.05, 0.1) is 27.7 Å². The van der Waals surface area contributed by atoms with E-state index in [-0.39, 0.29) is 44.7 Å². The second kappa shape index (κ2) is 12.4. The van der Waals surface area contributed by atoms with Gasteiger partial charge in [0, 0.05) is 30.6 Å². The van der Waals surface area contributed by atoms with Crippen LogP contribution in [0, 0.1) is 31.4 Å². The molecule has 3 aromatic heterocycles. The van der Waals surface area contributed by atoms with Crippen LogP contribution in [0.5, 0.6) is 11.6 Å².